The van der Waals surface area contributed by atoms with Crippen molar-refractivity contribution in [2.24, 2.45) is 0 Å². The maximum absolute atomic E-state index is 11.2. The van der Waals surface area contributed by atoms with Gasteiger partial charge in [-0.05, 0) is 18.2 Å². The monoisotopic (exact) mass is 322 g/mol. The first kappa shape index (κ1) is 14.2. The summed E-state index contributed by atoms with van der Waals surface area (Å²) in [5.74, 6) is 0. The zero-order valence-electron chi connectivity index (χ0n) is 9.11. The van der Waals surface area contributed by atoms with E-state index in [1.54, 1.807) is 0 Å². The lowest BCUT2D eigenvalue weighted by Gasteiger charge is -2.08. The Morgan fingerprint density at radius 1 is 0.842 bits per heavy atom. The molecule has 2 N–H and O–H groups in total. The third-order valence-corrected chi connectivity index (χ3v) is 4.46. The zero-order valence-corrected chi connectivity index (χ0v) is 11.5. The molecule has 0 unspecified atom stereocenters. The lowest BCUT2D eigenvalue weighted by atomic mass is 10.1. The molecule has 0 spiro atoms. The van der Waals surface area contributed by atoms with Crippen molar-refractivity contribution in [1.29, 1.82) is 0 Å². The molecule has 0 heterocycles. The summed E-state index contributed by atoms with van der Waals surface area (Å²) in [6, 6.07) is 5.82. The molecule has 2 aromatic rings. The quantitative estimate of drug-likeness (QED) is 0.818. The second-order valence-corrected chi connectivity index (χ2v) is 6.92. The van der Waals surface area contributed by atoms with E-state index in [9.17, 15) is 16.8 Å². The molecule has 2 aromatic carbocycles. The van der Waals surface area contributed by atoms with Gasteiger partial charge in [-0.25, -0.2) is 0 Å². The van der Waals surface area contributed by atoms with Gasteiger partial charge in [0.25, 0.3) is 20.2 Å². The average Bonchev–Trinajstić information content (AvgIpc) is 2.24. The fourth-order valence-corrected chi connectivity index (χ4v) is 3.44. The molecule has 0 radical (unpaired) electrons. The van der Waals surface area contributed by atoms with Crippen LogP contribution in [0.3, 0.4) is 0 Å². The highest BCUT2D eigenvalue weighted by Crippen LogP contribution is 2.31. The Morgan fingerprint density at radius 3 is 1.95 bits per heavy atom. The normalized spacial score (nSPS) is 12.8. The van der Waals surface area contributed by atoms with Gasteiger partial charge in [-0.3, -0.25) is 9.11 Å². The lowest BCUT2D eigenvalue weighted by Crippen LogP contribution is -2.03. The van der Waals surface area contributed by atoms with E-state index in [1.807, 2.05) is 0 Å². The van der Waals surface area contributed by atoms with E-state index in [4.69, 9.17) is 20.7 Å². The fraction of sp³-hybridized carbons (Fsp3) is 0. The van der Waals surface area contributed by atoms with Gasteiger partial charge in [-0.2, -0.15) is 16.8 Å². The van der Waals surface area contributed by atoms with Gasteiger partial charge in [0.05, 0.1) is 0 Å². The molecule has 0 aromatic heterocycles. The summed E-state index contributed by atoms with van der Waals surface area (Å²) in [5.41, 5.74) is 0. The standard InChI is InChI=1S/C10H7ClO6S2/c11-6-4-8-7(10(5-6)19(15,16)17)2-1-3-9(8)18(12,13)14/h1-5H,(H,12,13,14)(H,15,16,17). The van der Waals surface area contributed by atoms with Crippen molar-refractivity contribution in [2.45, 2.75) is 9.79 Å². The van der Waals surface area contributed by atoms with Gasteiger partial charge in [0.1, 0.15) is 9.79 Å². The van der Waals surface area contributed by atoms with Crippen LogP contribution in [-0.4, -0.2) is 25.9 Å². The van der Waals surface area contributed by atoms with E-state index in [0.717, 1.165) is 12.1 Å². The molecule has 0 fully saturated rings. The number of benzene rings is 2. The summed E-state index contributed by atoms with van der Waals surface area (Å²) >= 11 is 5.70. The SMILES string of the molecule is O=S(=O)(O)c1cc(Cl)cc2c(S(=O)(=O)O)cccc12. The minimum absolute atomic E-state index is 0.0537. The van der Waals surface area contributed by atoms with E-state index in [-0.39, 0.29) is 15.8 Å². The molecule has 0 aliphatic heterocycles. The molecule has 2 rings (SSSR count). The Bertz CT molecular complexity index is 870. The predicted molar refractivity (Wildman–Crippen MR) is 68.6 cm³/mol. The topological polar surface area (TPSA) is 109 Å². The van der Waals surface area contributed by atoms with E-state index in [2.05, 4.69) is 0 Å². The van der Waals surface area contributed by atoms with Crippen LogP contribution in [0.15, 0.2) is 40.1 Å². The van der Waals surface area contributed by atoms with E-state index >= 15 is 0 Å². The maximum atomic E-state index is 11.2. The molecule has 102 valence electrons. The van der Waals surface area contributed by atoms with E-state index in [0.29, 0.717) is 0 Å². The molecule has 6 nitrogen and oxygen atoms in total. The Morgan fingerprint density at radius 2 is 1.42 bits per heavy atom. The van der Waals surface area contributed by atoms with Gasteiger partial charge in [0, 0.05) is 15.8 Å². The van der Waals surface area contributed by atoms with Crippen LogP contribution in [0.4, 0.5) is 0 Å². The van der Waals surface area contributed by atoms with Crippen LogP contribution in [0.25, 0.3) is 10.8 Å². The summed E-state index contributed by atoms with van der Waals surface area (Å²) < 4.78 is 63.1. The molecule has 0 amide bonds. The molecule has 19 heavy (non-hydrogen) atoms. The summed E-state index contributed by atoms with van der Waals surface area (Å²) in [5, 5.41) is -0.233. The van der Waals surface area contributed by atoms with Crippen LogP contribution in [0.5, 0.6) is 0 Å². The van der Waals surface area contributed by atoms with Crippen molar-refractivity contribution in [3.8, 4) is 0 Å². The smallest absolute Gasteiger partial charge is 0.282 e. The number of halogens is 1. The number of rotatable bonds is 2. The molecule has 0 aliphatic carbocycles. The van der Waals surface area contributed by atoms with Crippen LogP contribution in [0.2, 0.25) is 5.02 Å². The molecular weight excluding hydrogens is 316 g/mol. The van der Waals surface area contributed by atoms with Crippen molar-refractivity contribution in [2.75, 3.05) is 0 Å². The van der Waals surface area contributed by atoms with E-state index in [1.165, 1.54) is 18.2 Å². The second-order valence-electron chi connectivity index (χ2n) is 3.71. The molecule has 0 saturated carbocycles. The fourth-order valence-electron chi connectivity index (χ4n) is 1.73. The lowest BCUT2D eigenvalue weighted by molar-refractivity contribution is 0.481. The van der Waals surface area contributed by atoms with Crippen molar-refractivity contribution < 1.29 is 25.9 Å². The van der Waals surface area contributed by atoms with Crippen LogP contribution < -0.4 is 0 Å². The van der Waals surface area contributed by atoms with Gasteiger partial charge < -0.3 is 0 Å². The number of fused-ring (bicyclic) bond motifs is 1. The molecular formula is C10H7ClO6S2. The van der Waals surface area contributed by atoms with Crippen LogP contribution in [-0.2, 0) is 20.2 Å². The first-order valence-corrected chi connectivity index (χ1v) is 8.04. The molecule has 9 heteroatoms. The maximum Gasteiger partial charge on any atom is 0.295 e. The Balaban J connectivity index is 3.07. The van der Waals surface area contributed by atoms with Crippen LogP contribution in [0.1, 0.15) is 0 Å². The number of hydrogen-bond acceptors (Lipinski definition) is 4. The van der Waals surface area contributed by atoms with Gasteiger partial charge in [0.15, 0.2) is 0 Å². The van der Waals surface area contributed by atoms with Crippen molar-refractivity contribution in [1.82, 2.24) is 0 Å². The van der Waals surface area contributed by atoms with Crippen molar-refractivity contribution >= 4 is 42.6 Å². The average molecular weight is 323 g/mol. The summed E-state index contributed by atoms with van der Waals surface area (Å²) in [4.78, 5) is -1.02. The molecule has 0 atom stereocenters. The van der Waals surface area contributed by atoms with E-state index < -0.39 is 30.0 Å². The van der Waals surface area contributed by atoms with Crippen molar-refractivity contribution in [3.63, 3.8) is 0 Å². The highest BCUT2D eigenvalue weighted by Gasteiger charge is 2.20. The zero-order chi connectivity index (χ0) is 14.4. The number of hydrogen-bond donors (Lipinski definition) is 2. The molecule has 0 aliphatic rings. The van der Waals surface area contributed by atoms with Gasteiger partial charge >= 0.3 is 0 Å². The Kier molecular flexibility index (Phi) is 3.31. The Labute approximate surface area is 114 Å². The summed E-state index contributed by atoms with van der Waals surface area (Å²) in [6.45, 7) is 0. The molecule has 0 saturated heterocycles. The van der Waals surface area contributed by atoms with Crippen LogP contribution >= 0.6 is 11.6 Å². The third kappa shape index (κ3) is 2.72. The van der Waals surface area contributed by atoms with Gasteiger partial charge in [-0.15, -0.1) is 0 Å². The van der Waals surface area contributed by atoms with Gasteiger partial charge in [0.2, 0.25) is 0 Å². The minimum atomic E-state index is -4.58. The summed E-state index contributed by atoms with van der Waals surface area (Å²) in [7, 11) is -9.12. The Hall–Kier alpha value is -1.19. The first-order chi connectivity index (χ1) is 8.60. The third-order valence-electron chi connectivity index (χ3n) is 2.44. The predicted octanol–water partition coefficient (Wildman–Crippen LogP) is 1.99. The minimum Gasteiger partial charge on any atom is -0.282 e. The van der Waals surface area contributed by atoms with Gasteiger partial charge in [-0.1, -0.05) is 23.7 Å². The van der Waals surface area contributed by atoms with Crippen LogP contribution in [0, 0.1) is 0 Å². The highest BCUT2D eigenvalue weighted by molar-refractivity contribution is 7.86. The second kappa shape index (κ2) is 4.43. The highest BCUT2D eigenvalue weighted by atomic mass is 35.5. The largest absolute Gasteiger partial charge is 0.295 e. The van der Waals surface area contributed by atoms with Crippen molar-refractivity contribution in [3.05, 3.63) is 35.4 Å². The summed E-state index contributed by atoms with van der Waals surface area (Å²) in [6.07, 6.45) is 0. The first-order valence-electron chi connectivity index (χ1n) is 4.78. The molecule has 0 bridgehead atoms.